The third kappa shape index (κ3) is 3.62. The maximum atomic E-state index is 13.6. The molecule has 2 aromatic carbocycles. The topological polar surface area (TPSA) is 221 Å². The van der Waals surface area contributed by atoms with Gasteiger partial charge in [0.2, 0.25) is 0 Å². The van der Waals surface area contributed by atoms with E-state index in [1.807, 2.05) is 0 Å². The Hall–Kier alpha value is -3.75. The number of carboxylic acids is 1. The molecule has 2 aliphatic rings. The summed E-state index contributed by atoms with van der Waals surface area (Å²) in [6, 6.07) is 0.762. The first-order valence-corrected chi connectivity index (χ1v) is 10.9. The minimum atomic E-state index is -1.57. The number of aromatic carboxylic acids is 1. The highest BCUT2D eigenvalue weighted by molar-refractivity contribution is 6.31. The second kappa shape index (κ2) is 9.28. The molecule has 198 valence electrons. The number of carbonyl (C=O) groups is 3. The number of benzene rings is 2. The van der Waals surface area contributed by atoms with Crippen LogP contribution in [0.5, 0.6) is 23.0 Å². The molecule has 1 heterocycles. The van der Waals surface area contributed by atoms with Crippen molar-refractivity contribution in [3.8, 4) is 23.0 Å². The number of ketones is 2. The molecular weight excluding hydrogens is 496 g/mol. The summed E-state index contributed by atoms with van der Waals surface area (Å²) in [6.07, 6.45) is -6.60. The monoisotopic (exact) mass is 520 g/mol. The van der Waals surface area contributed by atoms with Gasteiger partial charge in [-0.1, -0.05) is 0 Å². The van der Waals surface area contributed by atoms with E-state index >= 15 is 0 Å². The van der Waals surface area contributed by atoms with Crippen LogP contribution in [-0.2, 0) is 14.2 Å². The van der Waals surface area contributed by atoms with E-state index in [1.165, 1.54) is 21.1 Å². The predicted molar refractivity (Wildman–Crippen MR) is 120 cm³/mol. The summed E-state index contributed by atoms with van der Waals surface area (Å²) in [4.78, 5) is 38.5. The smallest absolute Gasteiger partial charge is 0.339 e. The average molecular weight is 520 g/mol. The van der Waals surface area contributed by atoms with Gasteiger partial charge in [-0.2, -0.15) is 0 Å². The molecule has 4 rings (SSSR count). The SMILES string of the molecule is CO[C@H]1[C@H](O)[C@@H](CO)OC(c2c(O)c(O)c3c(c2O)C(=O)c2c(cc(O)c(C(=O)O)c2C)C3=O)[C@@H]1OC. The maximum absolute atomic E-state index is 13.6. The van der Waals surface area contributed by atoms with Crippen LogP contribution in [0.15, 0.2) is 6.07 Å². The van der Waals surface area contributed by atoms with E-state index in [-0.39, 0.29) is 5.56 Å². The second-order valence-corrected chi connectivity index (χ2v) is 8.66. The summed E-state index contributed by atoms with van der Waals surface area (Å²) in [5.41, 5.74) is -3.86. The highest BCUT2D eigenvalue weighted by Crippen LogP contribution is 2.52. The van der Waals surface area contributed by atoms with Crippen molar-refractivity contribution in [1.82, 2.24) is 0 Å². The van der Waals surface area contributed by atoms with Gasteiger partial charge in [0.1, 0.15) is 47.6 Å². The lowest BCUT2D eigenvalue weighted by molar-refractivity contribution is -0.245. The van der Waals surface area contributed by atoms with Crippen LogP contribution in [0, 0.1) is 6.92 Å². The van der Waals surface area contributed by atoms with Gasteiger partial charge in [-0.25, -0.2) is 4.79 Å². The molecule has 13 heteroatoms. The van der Waals surface area contributed by atoms with E-state index in [9.17, 15) is 50.1 Å². The van der Waals surface area contributed by atoms with E-state index in [2.05, 4.69) is 0 Å². The Morgan fingerprint density at radius 3 is 2.08 bits per heavy atom. The van der Waals surface area contributed by atoms with Crippen molar-refractivity contribution in [2.24, 2.45) is 0 Å². The molecule has 0 spiro atoms. The Labute approximate surface area is 208 Å². The van der Waals surface area contributed by atoms with Gasteiger partial charge < -0.3 is 50.0 Å². The van der Waals surface area contributed by atoms with Crippen molar-refractivity contribution in [3.63, 3.8) is 0 Å². The number of ether oxygens (including phenoxy) is 3. The molecule has 0 amide bonds. The molecule has 37 heavy (non-hydrogen) atoms. The molecule has 1 aliphatic carbocycles. The van der Waals surface area contributed by atoms with Gasteiger partial charge in [-0.15, -0.1) is 0 Å². The number of aliphatic hydroxyl groups is 2. The van der Waals surface area contributed by atoms with Crippen LogP contribution < -0.4 is 0 Å². The molecule has 0 radical (unpaired) electrons. The predicted octanol–water partition coefficient (Wildman–Crippen LogP) is 0.114. The van der Waals surface area contributed by atoms with Gasteiger partial charge in [-0.05, 0) is 18.6 Å². The average Bonchev–Trinajstić information content (AvgIpc) is 2.84. The highest BCUT2D eigenvalue weighted by atomic mass is 16.6. The number of hydrogen-bond acceptors (Lipinski definition) is 12. The lowest BCUT2D eigenvalue weighted by atomic mass is 9.77. The Morgan fingerprint density at radius 2 is 1.54 bits per heavy atom. The van der Waals surface area contributed by atoms with Crippen molar-refractivity contribution >= 4 is 17.5 Å². The zero-order valence-electron chi connectivity index (χ0n) is 19.8. The Balaban J connectivity index is 2.00. The van der Waals surface area contributed by atoms with Gasteiger partial charge >= 0.3 is 5.97 Å². The third-order valence-corrected chi connectivity index (χ3v) is 6.82. The number of phenols is 4. The molecule has 1 saturated heterocycles. The van der Waals surface area contributed by atoms with Crippen LogP contribution in [0.3, 0.4) is 0 Å². The highest BCUT2D eigenvalue weighted by Gasteiger charge is 2.50. The summed E-state index contributed by atoms with van der Waals surface area (Å²) >= 11 is 0. The van der Waals surface area contributed by atoms with Crippen LogP contribution in [0.25, 0.3) is 0 Å². The van der Waals surface area contributed by atoms with Gasteiger partial charge in [0, 0.05) is 25.3 Å². The molecule has 1 unspecified atom stereocenters. The van der Waals surface area contributed by atoms with E-state index in [0.29, 0.717) is 0 Å². The fraction of sp³-hybridized carbons (Fsp3) is 0.375. The molecule has 13 nitrogen and oxygen atoms in total. The van der Waals surface area contributed by atoms with Crippen LogP contribution in [0.1, 0.15) is 59.4 Å². The van der Waals surface area contributed by atoms with Gasteiger partial charge in [0.05, 0.1) is 23.3 Å². The standard InChI is InChI=1S/C24H24O13/c1-6-10-7(4-8(26)11(6)24(33)34)15(27)12-13(17(10)29)18(30)14(20(32)19(12)31)21-23(36-3)22(35-2)16(28)9(5-25)37-21/h4,9,16,21-23,25-26,28,30-32H,5H2,1-3H3,(H,33,34)/t9-,16-,21?,22+,23+/m1/s1. The van der Waals surface area contributed by atoms with Crippen LogP contribution in [0.4, 0.5) is 0 Å². The van der Waals surface area contributed by atoms with E-state index in [4.69, 9.17) is 14.2 Å². The van der Waals surface area contributed by atoms with Gasteiger partial charge in [0.15, 0.2) is 23.1 Å². The molecule has 0 aromatic heterocycles. The summed E-state index contributed by atoms with van der Waals surface area (Å²) in [6.45, 7) is 0.482. The van der Waals surface area contributed by atoms with Crippen molar-refractivity contribution in [1.29, 1.82) is 0 Å². The molecule has 5 atom stereocenters. The summed E-state index contributed by atoms with van der Waals surface area (Å²) < 4.78 is 16.3. The Bertz CT molecular complexity index is 1330. The largest absolute Gasteiger partial charge is 0.507 e. The molecule has 2 aromatic rings. The molecule has 1 aliphatic heterocycles. The van der Waals surface area contributed by atoms with E-state index in [1.54, 1.807) is 0 Å². The second-order valence-electron chi connectivity index (χ2n) is 8.66. The zero-order chi connectivity index (χ0) is 27.5. The first-order valence-electron chi connectivity index (χ1n) is 10.9. The van der Waals surface area contributed by atoms with Crippen LogP contribution in [-0.4, -0.2) is 98.5 Å². The van der Waals surface area contributed by atoms with Crippen LogP contribution in [0.2, 0.25) is 0 Å². The van der Waals surface area contributed by atoms with E-state index in [0.717, 1.165) is 6.07 Å². The first kappa shape index (κ1) is 26.3. The molecule has 0 bridgehead atoms. The zero-order valence-corrected chi connectivity index (χ0v) is 19.8. The number of aromatic hydroxyl groups is 4. The minimum absolute atomic E-state index is 0.258. The van der Waals surface area contributed by atoms with E-state index < -0.39 is 111 Å². The lowest BCUT2D eigenvalue weighted by Crippen LogP contribution is -2.56. The fourth-order valence-corrected chi connectivity index (χ4v) is 5.08. The van der Waals surface area contributed by atoms with Gasteiger partial charge in [-0.3, -0.25) is 9.59 Å². The van der Waals surface area contributed by atoms with Crippen molar-refractivity contribution in [2.75, 3.05) is 20.8 Å². The number of phenolic OH excluding ortho intramolecular Hbond substituents is 3. The number of fused-ring (bicyclic) bond motifs is 2. The Morgan fingerprint density at radius 1 is 0.946 bits per heavy atom. The summed E-state index contributed by atoms with van der Waals surface area (Å²) in [7, 11) is 2.44. The third-order valence-electron chi connectivity index (χ3n) is 6.82. The van der Waals surface area contributed by atoms with Crippen molar-refractivity contribution < 1.29 is 64.3 Å². The molecule has 0 saturated carbocycles. The summed E-state index contributed by atoms with van der Waals surface area (Å²) in [5, 5.41) is 72.6. The number of rotatable bonds is 5. The number of hydrogen-bond donors (Lipinski definition) is 7. The number of carbonyl (C=O) groups excluding carboxylic acids is 2. The van der Waals surface area contributed by atoms with Gasteiger partial charge in [0.25, 0.3) is 0 Å². The lowest BCUT2D eigenvalue weighted by Gasteiger charge is -2.43. The number of carboxylic acid groups (broad SMARTS) is 1. The Kier molecular flexibility index (Phi) is 6.60. The fourth-order valence-electron chi connectivity index (χ4n) is 5.08. The summed E-state index contributed by atoms with van der Waals surface area (Å²) in [5.74, 6) is -7.61. The first-order chi connectivity index (χ1) is 17.4. The van der Waals surface area contributed by atoms with Crippen LogP contribution >= 0.6 is 0 Å². The molecular formula is C24H24O13. The normalized spacial score (nSPS) is 25.1. The molecule has 1 fully saturated rings. The minimum Gasteiger partial charge on any atom is -0.507 e. The number of methoxy groups -OCH3 is 2. The number of aliphatic hydroxyl groups excluding tert-OH is 2. The van der Waals surface area contributed by atoms with Crippen molar-refractivity contribution in [3.05, 3.63) is 45.0 Å². The maximum Gasteiger partial charge on any atom is 0.339 e. The van der Waals surface area contributed by atoms with Crippen molar-refractivity contribution in [2.45, 2.75) is 37.4 Å². The molecule has 7 N–H and O–H groups in total. The quantitative estimate of drug-likeness (QED) is 0.176.